The van der Waals surface area contributed by atoms with Gasteiger partial charge in [0, 0.05) is 38.1 Å². The lowest BCUT2D eigenvalue weighted by Crippen LogP contribution is -2.40. The third kappa shape index (κ3) is 2.32. The van der Waals surface area contributed by atoms with Gasteiger partial charge in [0.15, 0.2) is 0 Å². The van der Waals surface area contributed by atoms with Crippen molar-refractivity contribution in [2.75, 3.05) is 26.7 Å². The average molecular weight is 169 g/mol. The molecule has 0 amide bonds. The van der Waals surface area contributed by atoms with Crippen LogP contribution < -0.4 is 11.1 Å². The molecule has 12 heavy (non-hydrogen) atoms. The van der Waals surface area contributed by atoms with E-state index in [1.54, 1.807) is 19.5 Å². The molecule has 1 rings (SSSR count). The summed E-state index contributed by atoms with van der Waals surface area (Å²) in [5.74, 6) is 0. The van der Waals surface area contributed by atoms with E-state index in [0.717, 1.165) is 25.3 Å². The minimum absolute atomic E-state index is 0.0625. The second-order valence-electron chi connectivity index (χ2n) is 2.62. The summed E-state index contributed by atoms with van der Waals surface area (Å²) in [5.41, 5.74) is 6.36. The van der Waals surface area contributed by atoms with E-state index in [0.29, 0.717) is 0 Å². The van der Waals surface area contributed by atoms with Gasteiger partial charge in [-0.2, -0.15) is 0 Å². The van der Waals surface area contributed by atoms with E-state index in [2.05, 4.69) is 10.3 Å². The van der Waals surface area contributed by atoms with Gasteiger partial charge in [0.25, 0.3) is 0 Å². The van der Waals surface area contributed by atoms with Crippen LogP contribution in [0, 0.1) is 0 Å². The summed E-state index contributed by atoms with van der Waals surface area (Å²) in [6, 6.07) is 0. The van der Waals surface area contributed by atoms with Gasteiger partial charge in [0.1, 0.15) is 0 Å². The first-order valence-corrected chi connectivity index (χ1v) is 4.04. The van der Waals surface area contributed by atoms with Gasteiger partial charge in [-0.25, -0.2) is 0 Å². The third-order valence-electron chi connectivity index (χ3n) is 1.77. The Labute approximate surface area is 72.5 Å². The Morgan fingerprint density at radius 1 is 1.75 bits per heavy atom. The maximum absolute atomic E-state index is 5.48. The van der Waals surface area contributed by atoms with Crippen LogP contribution in [0.2, 0.25) is 0 Å². The van der Waals surface area contributed by atoms with Crippen molar-refractivity contribution in [1.29, 1.82) is 0 Å². The van der Waals surface area contributed by atoms with Crippen molar-refractivity contribution in [3.8, 4) is 0 Å². The van der Waals surface area contributed by atoms with Gasteiger partial charge in [-0.05, 0) is 0 Å². The van der Waals surface area contributed by atoms with Gasteiger partial charge < -0.3 is 15.8 Å². The van der Waals surface area contributed by atoms with E-state index in [1.807, 2.05) is 0 Å². The molecule has 0 aliphatic carbocycles. The van der Waals surface area contributed by atoms with E-state index >= 15 is 0 Å². The monoisotopic (exact) mass is 169 g/mol. The predicted octanol–water partition coefficient (Wildman–Crippen LogP) is -0.482. The Morgan fingerprint density at radius 2 is 2.58 bits per heavy atom. The molecular weight excluding hydrogens is 154 g/mol. The predicted molar refractivity (Wildman–Crippen MR) is 49.3 cm³/mol. The summed E-state index contributed by atoms with van der Waals surface area (Å²) in [4.78, 5) is 3.90. The average Bonchev–Trinajstić information content (AvgIpc) is 2.15. The number of aliphatic imine (C=N–C) groups is 1. The Bertz CT molecular complexity index is 183. The fourth-order valence-electron chi connectivity index (χ4n) is 1.16. The van der Waals surface area contributed by atoms with E-state index in [9.17, 15) is 0 Å². The maximum Gasteiger partial charge on any atom is 0.0978 e. The number of hydrogen-bond acceptors (Lipinski definition) is 4. The van der Waals surface area contributed by atoms with Gasteiger partial charge in [-0.15, -0.1) is 0 Å². The van der Waals surface area contributed by atoms with E-state index in [-0.39, 0.29) is 6.10 Å². The smallest absolute Gasteiger partial charge is 0.0978 e. The van der Waals surface area contributed by atoms with Crippen molar-refractivity contribution in [1.82, 2.24) is 5.32 Å². The molecule has 1 aliphatic heterocycles. The fourth-order valence-corrected chi connectivity index (χ4v) is 1.16. The van der Waals surface area contributed by atoms with Gasteiger partial charge in [0.05, 0.1) is 12.7 Å². The summed E-state index contributed by atoms with van der Waals surface area (Å²) in [7, 11) is 1.72. The largest absolute Gasteiger partial charge is 0.404 e. The Morgan fingerprint density at radius 3 is 3.08 bits per heavy atom. The molecule has 4 nitrogen and oxygen atoms in total. The molecule has 0 saturated carbocycles. The molecule has 0 spiro atoms. The molecule has 1 fully saturated rings. The highest BCUT2D eigenvalue weighted by molar-refractivity contribution is 5.79. The zero-order valence-corrected chi connectivity index (χ0v) is 7.29. The van der Waals surface area contributed by atoms with Gasteiger partial charge in [-0.1, -0.05) is 0 Å². The molecule has 1 saturated heterocycles. The van der Waals surface area contributed by atoms with Crippen molar-refractivity contribution in [3.63, 3.8) is 0 Å². The number of nitrogens with zero attached hydrogens (tertiary/aromatic N) is 1. The zero-order chi connectivity index (χ0) is 8.81. The highest BCUT2D eigenvalue weighted by Gasteiger charge is 2.15. The molecule has 0 aromatic carbocycles. The van der Waals surface area contributed by atoms with Crippen LogP contribution in [-0.2, 0) is 4.74 Å². The van der Waals surface area contributed by atoms with Gasteiger partial charge in [-0.3, -0.25) is 4.99 Å². The second-order valence-corrected chi connectivity index (χ2v) is 2.62. The molecule has 1 aliphatic rings. The van der Waals surface area contributed by atoms with Crippen LogP contribution >= 0.6 is 0 Å². The molecule has 0 bridgehead atoms. The number of hydrogen-bond donors (Lipinski definition) is 2. The standard InChI is InChI=1S/C8H15N3O/c1-10-5-7(4-9)8-6-11-2-3-12-8/h4-5,8,11H,2-3,6,9H2,1H3/b7-4+,10-5?/t8-/m1/s1. The highest BCUT2D eigenvalue weighted by atomic mass is 16.5. The van der Waals surface area contributed by atoms with Crippen LogP contribution in [0.4, 0.5) is 0 Å². The zero-order valence-electron chi connectivity index (χ0n) is 7.29. The van der Waals surface area contributed by atoms with Crippen molar-refractivity contribution in [2.45, 2.75) is 6.10 Å². The Hall–Kier alpha value is -0.870. The van der Waals surface area contributed by atoms with Crippen LogP contribution in [0.1, 0.15) is 0 Å². The summed E-state index contributed by atoms with van der Waals surface area (Å²) < 4.78 is 5.48. The molecule has 3 N–H and O–H groups in total. The van der Waals surface area contributed by atoms with Crippen LogP contribution in [0.25, 0.3) is 0 Å². The molecule has 0 aromatic rings. The third-order valence-corrected chi connectivity index (χ3v) is 1.77. The first kappa shape index (κ1) is 9.22. The number of rotatable bonds is 2. The SMILES string of the molecule is CN=C/C(=C\N)[C@H]1CNCCO1. The first-order valence-electron chi connectivity index (χ1n) is 4.04. The maximum atomic E-state index is 5.48. The normalized spacial score (nSPS) is 26.4. The molecule has 0 radical (unpaired) electrons. The summed E-state index contributed by atoms with van der Waals surface area (Å²) in [5, 5.41) is 3.22. The minimum atomic E-state index is 0.0625. The lowest BCUT2D eigenvalue weighted by molar-refractivity contribution is 0.0555. The van der Waals surface area contributed by atoms with Gasteiger partial charge >= 0.3 is 0 Å². The van der Waals surface area contributed by atoms with Crippen LogP contribution in [0.5, 0.6) is 0 Å². The fraction of sp³-hybridized carbons (Fsp3) is 0.625. The number of morpholine rings is 1. The molecule has 1 heterocycles. The molecule has 1 atom stereocenters. The van der Waals surface area contributed by atoms with Crippen LogP contribution in [-0.4, -0.2) is 39.1 Å². The lowest BCUT2D eigenvalue weighted by atomic mass is 10.1. The van der Waals surface area contributed by atoms with E-state index < -0.39 is 0 Å². The lowest BCUT2D eigenvalue weighted by Gasteiger charge is -2.23. The Kier molecular flexibility index (Phi) is 3.76. The summed E-state index contributed by atoms with van der Waals surface area (Å²) in [6.45, 7) is 2.46. The van der Waals surface area contributed by atoms with E-state index in [4.69, 9.17) is 10.5 Å². The number of nitrogens with two attached hydrogens (primary N) is 1. The van der Waals surface area contributed by atoms with Gasteiger partial charge in [0.2, 0.25) is 0 Å². The first-order chi connectivity index (χ1) is 5.88. The summed E-state index contributed by atoms with van der Waals surface area (Å²) in [6.07, 6.45) is 3.34. The number of ether oxygens (including phenoxy) is 1. The van der Waals surface area contributed by atoms with Crippen molar-refractivity contribution >= 4 is 6.21 Å². The van der Waals surface area contributed by atoms with Crippen molar-refractivity contribution < 1.29 is 4.74 Å². The van der Waals surface area contributed by atoms with Crippen LogP contribution in [0.3, 0.4) is 0 Å². The molecule has 68 valence electrons. The molecule has 0 unspecified atom stereocenters. The van der Waals surface area contributed by atoms with Crippen LogP contribution in [0.15, 0.2) is 16.8 Å². The highest BCUT2D eigenvalue weighted by Crippen LogP contribution is 2.05. The quantitative estimate of drug-likeness (QED) is 0.549. The molecule has 4 heteroatoms. The molecular formula is C8H15N3O. The van der Waals surface area contributed by atoms with Crippen molar-refractivity contribution in [2.24, 2.45) is 10.7 Å². The van der Waals surface area contributed by atoms with E-state index in [1.165, 1.54) is 0 Å². The minimum Gasteiger partial charge on any atom is -0.404 e. The molecule has 0 aromatic heterocycles. The van der Waals surface area contributed by atoms with Crippen molar-refractivity contribution in [3.05, 3.63) is 11.8 Å². The summed E-state index contributed by atoms with van der Waals surface area (Å²) >= 11 is 0. The number of nitrogens with one attached hydrogen (secondary N) is 1. The second kappa shape index (κ2) is 4.90. The topological polar surface area (TPSA) is 59.6 Å². The Balaban J connectivity index is 2.52.